The van der Waals surface area contributed by atoms with Crippen molar-refractivity contribution in [3.05, 3.63) is 18.0 Å². The molecule has 0 aliphatic carbocycles. The van der Waals surface area contributed by atoms with E-state index in [0.29, 0.717) is 6.54 Å². The molecule has 0 saturated heterocycles. The van der Waals surface area contributed by atoms with E-state index in [-0.39, 0.29) is 6.61 Å². The van der Waals surface area contributed by atoms with Gasteiger partial charge in [-0.1, -0.05) is 0 Å². The molecule has 82 valence electrons. The maximum absolute atomic E-state index is 11.4. The zero-order valence-electron chi connectivity index (χ0n) is 8.69. The van der Waals surface area contributed by atoms with Crippen molar-refractivity contribution in [2.75, 3.05) is 13.7 Å². The average molecular weight is 211 g/mol. The molecular weight excluding hydrogens is 198 g/mol. The van der Waals surface area contributed by atoms with E-state index < -0.39 is 11.9 Å². The van der Waals surface area contributed by atoms with Crippen LogP contribution in [-0.4, -0.2) is 40.6 Å². The third kappa shape index (κ3) is 3.08. The lowest BCUT2D eigenvalue weighted by molar-refractivity contribution is -0.159. The zero-order chi connectivity index (χ0) is 11.3. The van der Waals surface area contributed by atoms with Crippen LogP contribution in [0.5, 0.6) is 0 Å². The topological polar surface area (TPSA) is 75.3 Å². The van der Waals surface area contributed by atoms with Crippen molar-refractivity contribution in [1.29, 1.82) is 0 Å². The number of likely N-dealkylation sites (N-methyl/N-ethyl adjacent to an activating group) is 1. The van der Waals surface area contributed by atoms with Gasteiger partial charge in [-0.05, 0) is 6.92 Å². The number of aromatic nitrogens is 2. The predicted molar refractivity (Wildman–Crippen MR) is 51.7 cm³/mol. The molecule has 1 aromatic heterocycles. The molecule has 0 fully saturated rings. The summed E-state index contributed by atoms with van der Waals surface area (Å²) in [5, 5.41) is 6.36. The maximum atomic E-state index is 11.4. The number of rotatable bonds is 3. The number of hydrogen-bond donors (Lipinski definition) is 1. The minimum absolute atomic E-state index is 0.199. The molecule has 1 amide bonds. The summed E-state index contributed by atoms with van der Waals surface area (Å²) in [6.45, 7) is 2.18. The molecule has 0 radical (unpaired) electrons. The molecule has 1 rings (SSSR count). The third-order valence-electron chi connectivity index (χ3n) is 1.77. The fourth-order valence-electron chi connectivity index (χ4n) is 1.06. The van der Waals surface area contributed by atoms with Gasteiger partial charge in [0.15, 0.2) is 0 Å². The molecule has 6 nitrogen and oxygen atoms in total. The van der Waals surface area contributed by atoms with Crippen LogP contribution in [0.1, 0.15) is 12.5 Å². The summed E-state index contributed by atoms with van der Waals surface area (Å²) in [7, 11) is 1.53. The van der Waals surface area contributed by atoms with Gasteiger partial charge in [0.05, 0.1) is 12.8 Å². The first-order chi connectivity index (χ1) is 7.15. The van der Waals surface area contributed by atoms with E-state index in [2.05, 4.69) is 14.9 Å². The number of H-pyrrole nitrogens is 1. The lowest BCUT2D eigenvalue weighted by Gasteiger charge is -2.14. The number of aromatic amines is 1. The molecule has 1 heterocycles. The van der Waals surface area contributed by atoms with Crippen LogP contribution < -0.4 is 0 Å². The Morgan fingerprint density at radius 3 is 2.87 bits per heavy atom. The minimum Gasteiger partial charge on any atom is -0.459 e. The Morgan fingerprint density at radius 1 is 1.60 bits per heavy atom. The van der Waals surface area contributed by atoms with E-state index in [9.17, 15) is 9.59 Å². The van der Waals surface area contributed by atoms with E-state index in [4.69, 9.17) is 0 Å². The van der Waals surface area contributed by atoms with Crippen molar-refractivity contribution >= 4 is 11.9 Å². The zero-order valence-corrected chi connectivity index (χ0v) is 8.69. The first kappa shape index (κ1) is 11.2. The number of carbonyl (C=O) groups is 2. The number of hydrogen-bond acceptors (Lipinski definition) is 4. The summed E-state index contributed by atoms with van der Waals surface area (Å²) in [5.74, 6) is -1.48. The Bertz CT molecular complexity index is 334. The highest BCUT2D eigenvalue weighted by Crippen LogP contribution is 2.00. The Labute approximate surface area is 87.2 Å². The summed E-state index contributed by atoms with van der Waals surface area (Å²) >= 11 is 0. The fraction of sp³-hybridized carbons (Fsp3) is 0.444. The molecular formula is C9H13N3O3. The highest BCUT2D eigenvalue weighted by Gasteiger charge is 2.19. The predicted octanol–water partition coefficient (Wildman–Crippen LogP) is -0.0688. The molecule has 0 aliphatic heterocycles. The molecule has 1 aromatic rings. The normalized spacial score (nSPS) is 9.73. The Morgan fingerprint density at radius 2 is 2.33 bits per heavy atom. The van der Waals surface area contributed by atoms with Gasteiger partial charge in [-0.15, -0.1) is 0 Å². The van der Waals surface area contributed by atoms with Crippen LogP contribution >= 0.6 is 0 Å². The molecule has 0 unspecified atom stereocenters. The smallest absolute Gasteiger partial charge is 0.397 e. The van der Waals surface area contributed by atoms with Crippen LogP contribution in [0.3, 0.4) is 0 Å². The van der Waals surface area contributed by atoms with Crippen molar-refractivity contribution in [3.8, 4) is 0 Å². The van der Waals surface area contributed by atoms with E-state index in [1.54, 1.807) is 19.3 Å². The van der Waals surface area contributed by atoms with Gasteiger partial charge in [0.1, 0.15) is 0 Å². The lowest BCUT2D eigenvalue weighted by Crippen LogP contribution is -2.34. The van der Waals surface area contributed by atoms with Crippen molar-refractivity contribution < 1.29 is 14.3 Å². The van der Waals surface area contributed by atoms with Crippen LogP contribution in [-0.2, 0) is 20.9 Å². The second-order valence-electron chi connectivity index (χ2n) is 2.99. The third-order valence-corrected chi connectivity index (χ3v) is 1.77. The van der Waals surface area contributed by atoms with Crippen molar-refractivity contribution in [3.63, 3.8) is 0 Å². The second kappa shape index (κ2) is 5.14. The fourth-order valence-corrected chi connectivity index (χ4v) is 1.06. The highest BCUT2D eigenvalue weighted by atomic mass is 16.5. The van der Waals surface area contributed by atoms with Crippen molar-refractivity contribution in [1.82, 2.24) is 15.1 Å². The van der Waals surface area contributed by atoms with Crippen LogP contribution in [0, 0.1) is 0 Å². The maximum Gasteiger partial charge on any atom is 0.397 e. The first-order valence-corrected chi connectivity index (χ1v) is 4.55. The summed E-state index contributed by atoms with van der Waals surface area (Å²) in [5.41, 5.74) is 0.829. The van der Waals surface area contributed by atoms with Gasteiger partial charge in [0.2, 0.25) is 0 Å². The van der Waals surface area contributed by atoms with Gasteiger partial charge in [0.25, 0.3) is 0 Å². The van der Waals surface area contributed by atoms with Gasteiger partial charge in [-0.3, -0.25) is 9.89 Å². The molecule has 0 atom stereocenters. The number of ether oxygens (including phenoxy) is 1. The molecule has 1 N–H and O–H groups in total. The van der Waals surface area contributed by atoms with E-state index >= 15 is 0 Å². The van der Waals surface area contributed by atoms with Gasteiger partial charge in [0, 0.05) is 25.4 Å². The standard InChI is InChI=1S/C9H13N3O3/c1-3-15-9(14)8(13)12(2)6-7-4-10-11-5-7/h4-5H,3,6H2,1-2H3,(H,10,11). The van der Waals surface area contributed by atoms with Crippen LogP contribution in [0.15, 0.2) is 12.4 Å². The molecule has 6 heteroatoms. The largest absolute Gasteiger partial charge is 0.459 e. The Balaban J connectivity index is 2.50. The highest BCUT2D eigenvalue weighted by molar-refractivity contribution is 6.32. The average Bonchev–Trinajstić information content (AvgIpc) is 2.69. The van der Waals surface area contributed by atoms with Gasteiger partial charge in [-0.25, -0.2) is 4.79 Å². The quantitative estimate of drug-likeness (QED) is 0.561. The number of amides is 1. The summed E-state index contributed by atoms with van der Waals surface area (Å²) in [4.78, 5) is 23.7. The molecule has 0 saturated carbocycles. The second-order valence-corrected chi connectivity index (χ2v) is 2.99. The minimum atomic E-state index is -0.830. The van der Waals surface area contributed by atoms with Crippen molar-refractivity contribution in [2.24, 2.45) is 0 Å². The van der Waals surface area contributed by atoms with E-state index in [1.807, 2.05) is 0 Å². The Kier molecular flexibility index (Phi) is 3.84. The number of nitrogens with one attached hydrogen (secondary N) is 1. The number of nitrogens with zero attached hydrogens (tertiary/aromatic N) is 2. The van der Waals surface area contributed by atoms with Gasteiger partial charge in [-0.2, -0.15) is 5.10 Å². The molecule has 0 spiro atoms. The first-order valence-electron chi connectivity index (χ1n) is 4.55. The van der Waals surface area contributed by atoms with Gasteiger partial charge < -0.3 is 9.64 Å². The summed E-state index contributed by atoms with van der Waals surface area (Å²) in [6.07, 6.45) is 3.25. The number of carbonyl (C=O) groups excluding carboxylic acids is 2. The van der Waals surface area contributed by atoms with Gasteiger partial charge >= 0.3 is 11.9 Å². The molecule has 15 heavy (non-hydrogen) atoms. The summed E-state index contributed by atoms with van der Waals surface area (Å²) in [6, 6.07) is 0. The van der Waals surface area contributed by atoms with E-state index in [0.717, 1.165) is 5.56 Å². The number of esters is 1. The monoisotopic (exact) mass is 211 g/mol. The van der Waals surface area contributed by atoms with Crippen molar-refractivity contribution in [2.45, 2.75) is 13.5 Å². The lowest BCUT2D eigenvalue weighted by atomic mass is 10.3. The summed E-state index contributed by atoms with van der Waals surface area (Å²) < 4.78 is 4.59. The molecule has 0 aromatic carbocycles. The molecule has 0 bridgehead atoms. The van der Waals surface area contributed by atoms with Crippen LogP contribution in [0.2, 0.25) is 0 Å². The molecule has 0 aliphatic rings. The Hall–Kier alpha value is -1.85. The van der Waals surface area contributed by atoms with E-state index in [1.165, 1.54) is 11.9 Å². The SMILES string of the molecule is CCOC(=O)C(=O)N(C)Cc1cn[nH]c1. The van der Waals surface area contributed by atoms with Crippen LogP contribution in [0.4, 0.5) is 0 Å². The van der Waals surface area contributed by atoms with Crippen LogP contribution in [0.25, 0.3) is 0 Å².